The van der Waals surface area contributed by atoms with Crippen LogP contribution in [0.1, 0.15) is 23.6 Å². The highest BCUT2D eigenvalue weighted by Gasteiger charge is 2.10. The number of oxime groups is 1. The molecule has 0 aliphatic rings. The molecule has 2 rings (SSSR count). The lowest BCUT2D eigenvalue weighted by atomic mass is 10.1. The minimum Gasteiger partial charge on any atom is -0.457 e. The number of amidine groups is 1. The van der Waals surface area contributed by atoms with Gasteiger partial charge in [-0.3, -0.25) is 0 Å². The second kappa shape index (κ2) is 6.50. The summed E-state index contributed by atoms with van der Waals surface area (Å²) in [6.07, 6.45) is 0.816. The average Bonchev–Trinajstić information content (AvgIpc) is 2.50. The Morgan fingerprint density at radius 2 is 2.05 bits per heavy atom. The molecule has 0 aliphatic carbocycles. The van der Waals surface area contributed by atoms with Crippen molar-refractivity contribution in [2.24, 2.45) is 10.9 Å². The first-order valence-corrected chi connectivity index (χ1v) is 6.97. The number of hydrogen-bond acceptors (Lipinski definition) is 3. The molecular weight excluding hydrogens is 288 g/mol. The molecule has 0 heterocycles. The summed E-state index contributed by atoms with van der Waals surface area (Å²) in [7, 11) is 0. The second-order valence-electron chi connectivity index (χ2n) is 4.69. The highest BCUT2D eigenvalue weighted by molar-refractivity contribution is 6.31. The van der Waals surface area contributed by atoms with E-state index in [1.165, 1.54) is 0 Å². The summed E-state index contributed by atoms with van der Waals surface area (Å²) in [4.78, 5) is 0. The number of hydrogen-bond donors (Lipinski definition) is 2. The highest BCUT2D eigenvalue weighted by Crippen LogP contribution is 2.29. The van der Waals surface area contributed by atoms with Crippen molar-refractivity contribution in [2.75, 3.05) is 0 Å². The van der Waals surface area contributed by atoms with E-state index in [0.29, 0.717) is 22.1 Å². The Balaban J connectivity index is 2.40. The third-order valence-corrected chi connectivity index (χ3v) is 3.51. The lowest BCUT2D eigenvalue weighted by molar-refractivity contribution is 0.318. The van der Waals surface area contributed by atoms with Crippen molar-refractivity contribution < 1.29 is 9.94 Å². The number of nitrogens with two attached hydrogens (primary N) is 1. The molecule has 0 radical (unpaired) electrons. The first kappa shape index (κ1) is 15.2. The van der Waals surface area contributed by atoms with E-state index in [1.54, 1.807) is 24.3 Å². The van der Waals surface area contributed by atoms with Crippen molar-refractivity contribution in [1.82, 2.24) is 0 Å². The maximum atomic E-state index is 8.88. The normalized spacial score (nSPS) is 11.5. The number of halogens is 1. The van der Waals surface area contributed by atoms with Crippen LogP contribution < -0.4 is 10.5 Å². The predicted molar refractivity (Wildman–Crippen MR) is 84.6 cm³/mol. The fourth-order valence-electron chi connectivity index (χ4n) is 2.00. The molecule has 2 aromatic rings. The van der Waals surface area contributed by atoms with Crippen molar-refractivity contribution in [1.29, 1.82) is 0 Å². The van der Waals surface area contributed by atoms with Crippen molar-refractivity contribution in [3.05, 3.63) is 58.1 Å². The molecule has 0 aromatic heterocycles. The van der Waals surface area contributed by atoms with Crippen molar-refractivity contribution in [3.63, 3.8) is 0 Å². The van der Waals surface area contributed by atoms with Crippen molar-refractivity contribution >= 4 is 17.4 Å². The Hall–Kier alpha value is -2.20. The van der Waals surface area contributed by atoms with Crippen LogP contribution in [-0.2, 0) is 6.42 Å². The fourth-order valence-corrected chi connectivity index (χ4v) is 2.25. The molecule has 110 valence electrons. The van der Waals surface area contributed by atoms with E-state index >= 15 is 0 Å². The summed E-state index contributed by atoms with van der Waals surface area (Å²) in [5, 5.41) is 12.6. The number of ether oxygens (including phenoxy) is 1. The second-order valence-corrected chi connectivity index (χ2v) is 5.10. The Morgan fingerprint density at radius 3 is 2.71 bits per heavy atom. The van der Waals surface area contributed by atoms with Gasteiger partial charge in [0.2, 0.25) is 0 Å². The molecule has 0 atom stereocenters. The molecule has 0 bridgehead atoms. The van der Waals surface area contributed by atoms with E-state index in [1.807, 2.05) is 26.0 Å². The molecule has 0 aliphatic heterocycles. The van der Waals surface area contributed by atoms with E-state index in [0.717, 1.165) is 17.5 Å². The molecule has 5 heteroatoms. The molecule has 0 amide bonds. The summed E-state index contributed by atoms with van der Waals surface area (Å²) in [6, 6.07) is 11.0. The molecular formula is C16H17ClN2O2. The lowest BCUT2D eigenvalue weighted by Crippen LogP contribution is -2.14. The number of rotatable bonds is 4. The maximum absolute atomic E-state index is 8.88. The third kappa shape index (κ3) is 3.47. The van der Waals surface area contributed by atoms with Gasteiger partial charge in [-0.05, 0) is 49.2 Å². The van der Waals surface area contributed by atoms with Crippen LogP contribution in [0.15, 0.2) is 41.6 Å². The Labute approximate surface area is 128 Å². The largest absolute Gasteiger partial charge is 0.457 e. The van der Waals surface area contributed by atoms with Crippen LogP contribution in [0.2, 0.25) is 5.02 Å². The van der Waals surface area contributed by atoms with Gasteiger partial charge in [0.25, 0.3) is 0 Å². The van der Waals surface area contributed by atoms with Gasteiger partial charge in [0.15, 0.2) is 5.84 Å². The van der Waals surface area contributed by atoms with Crippen LogP contribution in [-0.4, -0.2) is 11.0 Å². The smallest absolute Gasteiger partial charge is 0.173 e. The zero-order valence-electron chi connectivity index (χ0n) is 11.9. The zero-order chi connectivity index (χ0) is 15.4. The van der Waals surface area contributed by atoms with Gasteiger partial charge < -0.3 is 15.7 Å². The standard InChI is InChI=1S/C16H17ClN2O2/c1-3-11-9-12(5-6-14(11)17)21-15-7-4-10(2)8-13(15)16(18)19-20/h4-9,20H,3H2,1-2H3,(H2,18,19). The zero-order valence-corrected chi connectivity index (χ0v) is 12.7. The SMILES string of the molecule is CCc1cc(Oc2ccc(C)cc2/C(N)=N/O)ccc1Cl. The summed E-state index contributed by atoms with van der Waals surface area (Å²) >= 11 is 6.10. The van der Waals surface area contributed by atoms with Gasteiger partial charge in [0.05, 0.1) is 5.56 Å². The number of aryl methyl sites for hydroxylation is 2. The van der Waals surface area contributed by atoms with E-state index < -0.39 is 0 Å². The Morgan fingerprint density at radius 1 is 1.29 bits per heavy atom. The van der Waals surface area contributed by atoms with Gasteiger partial charge in [0, 0.05) is 5.02 Å². The Bertz CT molecular complexity index is 684. The van der Waals surface area contributed by atoms with Crippen molar-refractivity contribution in [2.45, 2.75) is 20.3 Å². The number of benzene rings is 2. The Kier molecular flexibility index (Phi) is 4.70. The third-order valence-electron chi connectivity index (χ3n) is 3.14. The first-order chi connectivity index (χ1) is 10.0. The van der Waals surface area contributed by atoms with E-state index in [-0.39, 0.29) is 5.84 Å². The monoisotopic (exact) mass is 304 g/mol. The maximum Gasteiger partial charge on any atom is 0.173 e. The van der Waals surface area contributed by atoms with E-state index in [9.17, 15) is 0 Å². The van der Waals surface area contributed by atoms with Crippen LogP contribution in [0, 0.1) is 6.92 Å². The minimum absolute atomic E-state index is 0.0124. The van der Waals surface area contributed by atoms with Gasteiger partial charge in [-0.25, -0.2) is 0 Å². The molecule has 0 spiro atoms. The van der Waals surface area contributed by atoms with Gasteiger partial charge >= 0.3 is 0 Å². The quantitative estimate of drug-likeness (QED) is 0.387. The van der Waals surface area contributed by atoms with Gasteiger partial charge in [-0.1, -0.05) is 35.3 Å². The van der Waals surface area contributed by atoms with Gasteiger partial charge in [-0.2, -0.15) is 0 Å². The summed E-state index contributed by atoms with van der Waals surface area (Å²) in [5.41, 5.74) is 8.24. The van der Waals surface area contributed by atoms with Crippen LogP contribution in [0.3, 0.4) is 0 Å². The van der Waals surface area contributed by atoms with Crippen LogP contribution in [0.25, 0.3) is 0 Å². The van der Waals surface area contributed by atoms with E-state index in [2.05, 4.69) is 5.16 Å². The van der Waals surface area contributed by atoms with Crippen LogP contribution >= 0.6 is 11.6 Å². The average molecular weight is 305 g/mol. The van der Waals surface area contributed by atoms with Crippen molar-refractivity contribution in [3.8, 4) is 11.5 Å². The molecule has 0 fully saturated rings. The molecule has 0 unspecified atom stereocenters. The number of nitrogens with zero attached hydrogens (tertiary/aromatic N) is 1. The topological polar surface area (TPSA) is 67.8 Å². The van der Waals surface area contributed by atoms with Crippen LogP contribution in [0.5, 0.6) is 11.5 Å². The fraction of sp³-hybridized carbons (Fsp3) is 0.188. The summed E-state index contributed by atoms with van der Waals surface area (Å²) in [5.74, 6) is 1.20. The van der Waals surface area contributed by atoms with E-state index in [4.69, 9.17) is 27.3 Å². The minimum atomic E-state index is 0.0124. The van der Waals surface area contributed by atoms with Crippen LogP contribution in [0.4, 0.5) is 0 Å². The summed E-state index contributed by atoms with van der Waals surface area (Å²) < 4.78 is 5.85. The first-order valence-electron chi connectivity index (χ1n) is 6.60. The molecule has 4 nitrogen and oxygen atoms in total. The summed E-state index contributed by atoms with van der Waals surface area (Å²) in [6.45, 7) is 3.95. The van der Waals surface area contributed by atoms with Gasteiger partial charge in [-0.15, -0.1) is 0 Å². The molecule has 21 heavy (non-hydrogen) atoms. The molecule has 3 N–H and O–H groups in total. The molecule has 0 saturated heterocycles. The predicted octanol–water partition coefficient (Wildman–Crippen LogP) is 4.10. The molecule has 2 aromatic carbocycles. The lowest BCUT2D eigenvalue weighted by Gasteiger charge is -2.12. The van der Waals surface area contributed by atoms with Gasteiger partial charge in [0.1, 0.15) is 11.5 Å². The molecule has 0 saturated carbocycles. The highest BCUT2D eigenvalue weighted by atomic mass is 35.5.